The summed E-state index contributed by atoms with van der Waals surface area (Å²) in [4.78, 5) is 13.1. The van der Waals surface area contributed by atoms with Gasteiger partial charge in [0.1, 0.15) is 10.6 Å². The normalized spacial score (nSPS) is 11.1. The fraction of sp³-hybridized carbons (Fsp3) is 0.105. The van der Waals surface area contributed by atoms with E-state index < -0.39 is 10.0 Å². The number of anilines is 2. The molecule has 28 heavy (non-hydrogen) atoms. The number of sulfonamides is 1. The van der Waals surface area contributed by atoms with Gasteiger partial charge in [0.25, 0.3) is 10.0 Å². The maximum absolute atomic E-state index is 12.8. The number of benzene rings is 2. The van der Waals surface area contributed by atoms with E-state index in [1.807, 2.05) is 17.5 Å². The molecule has 0 radical (unpaired) electrons. The number of thiophene rings is 1. The van der Waals surface area contributed by atoms with Gasteiger partial charge in [0.15, 0.2) is 0 Å². The summed E-state index contributed by atoms with van der Waals surface area (Å²) in [6, 6.07) is 15.0. The number of methoxy groups -OCH3 is 1. The highest BCUT2D eigenvalue weighted by Gasteiger charge is 2.21. The van der Waals surface area contributed by atoms with Gasteiger partial charge in [-0.15, -0.1) is 11.3 Å². The van der Waals surface area contributed by atoms with Crippen molar-refractivity contribution in [2.24, 2.45) is 0 Å². The summed E-state index contributed by atoms with van der Waals surface area (Å²) >= 11 is 4.80. The van der Waals surface area contributed by atoms with Crippen LogP contribution >= 0.6 is 27.3 Å². The fourth-order valence-corrected chi connectivity index (χ4v) is 4.69. The van der Waals surface area contributed by atoms with Crippen molar-refractivity contribution in [2.45, 2.75) is 11.3 Å². The van der Waals surface area contributed by atoms with Gasteiger partial charge in [-0.05, 0) is 53.9 Å². The summed E-state index contributed by atoms with van der Waals surface area (Å²) in [5.74, 6) is -0.0438. The minimum absolute atomic E-state index is 0.0631. The van der Waals surface area contributed by atoms with Gasteiger partial charge in [0.05, 0.1) is 13.5 Å². The Morgan fingerprint density at radius 2 is 1.82 bits per heavy atom. The third-order valence-corrected chi connectivity index (χ3v) is 6.56. The highest BCUT2D eigenvalue weighted by atomic mass is 79.9. The first-order chi connectivity index (χ1) is 13.4. The Balaban J connectivity index is 1.83. The molecule has 1 aromatic heterocycles. The second kappa shape index (κ2) is 8.76. The number of nitrogens with one attached hydrogen (secondary N) is 2. The molecule has 2 aromatic carbocycles. The van der Waals surface area contributed by atoms with Crippen molar-refractivity contribution in [3.63, 3.8) is 0 Å². The van der Waals surface area contributed by atoms with E-state index in [2.05, 4.69) is 26.0 Å². The Morgan fingerprint density at radius 1 is 1.11 bits per heavy atom. The maximum Gasteiger partial charge on any atom is 0.265 e. The van der Waals surface area contributed by atoms with Crippen molar-refractivity contribution >= 4 is 54.6 Å². The number of carbonyl (C=O) groups is 1. The van der Waals surface area contributed by atoms with E-state index in [9.17, 15) is 13.2 Å². The van der Waals surface area contributed by atoms with Crippen LogP contribution in [-0.2, 0) is 21.2 Å². The lowest BCUT2D eigenvalue weighted by Crippen LogP contribution is -2.16. The predicted molar refractivity (Wildman–Crippen MR) is 115 cm³/mol. The highest BCUT2D eigenvalue weighted by Crippen LogP contribution is 2.29. The Labute approximate surface area is 175 Å². The zero-order valence-corrected chi connectivity index (χ0v) is 18.0. The number of hydrogen-bond donors (Lipinski definition) is 2. The van der Waals surface area contributed by atoms with Crippen molar-refractivity contribution in [2.75, 3.05) is 17.1 Å². The Bertz CT molecular complexity index is 1070. The quantitative estimate of drug-likeness (QED) is 0.521. The predicted octanol–water partition coefficient (Wildman–Crippen LogP) is 4.50. The summed E-state index contributed by atoms with van der Waals surface area (Å²) in [5.41, 5.74) is 0.788. The van der Waals surface area contributed by atoms with Gasteiger partial charge in [0, 0.05) is 20.7 Å². The molecule has 6 nitrogen and oxygen atoms in total. The second-order valence-electron chi connectivity index (χ2n) is 5.78. The monoisotopic (exact) mass is 480 g/mol. The minimum atomic E-state index is -3.92. The molecule has 0 aliphatic heterocycles. The maximum atomic E-state index is 12.8. The molecule has 0 spiro atoms. The highest BCUT2D eigenvalue weighted by molar-refractivity contribution is 9.10. The number of hydrogen-bond acceptors (Lipinski definition) is 5. The molecule has 9 heteroatoms. The molecule has 1 heterocycles. The lowest BCUT2D eigenvalue weighted by molar-refractivity contribution is -0.115. The van der Waals surface area contributed by atoms with E-state index in [-0.39, 0.29) is 23.0 Å². The van der Waals surface area contributed by atoms with E-state index in [4.69, 9.17) is 4.74 Å². The Hall–Kier alpha value is -2.36. The average Bonchev–Trinajstić information content (AvgIpc) is 3.16. The van der Waals surface area contributed by atoms with E-state index in [1.54, 1.807) is 30.3 Å². The molecule has 0 aliphatic rings. The lowest BCUT2D eigenvalue weighted by atomic mass is 10.2. The van der Waals surface area contributed by atoms with Crippen LogP contribution in [0.2, 0.25) is 0 Å². The molecule has 0 unspecified atom stereocenters. The number of halogens is 1. The third kappa shape index (κ3) is 5.12. The molecule has 2 N–H and O–H groups in total. The minimum Gasteiger partial charge on any atom is -0.495 e. The van der Waals surface area contributed by atoms with E-state index in [0.717, 1.165) is 9.35 Å². The molecule has 0 aliphatic carbocycles. The first-order valence-electron chi connectivity index (χ1n) is 8.16. The van der Waals surface area contributed by atoms with Crippen molar-refractivity contribution in [3.8, 4) is 5.75 Å². The largest absolute Gasteiger partial charge is 0.495 e. The molecular weight excluding hydrogens is 464 g/mol. The molecule has 0 atom stereocenters. The average molecular weight is 481 g/mol. The van der Waals surface area contributed by atoms with Gasteiger partial charge < -0.3 is 10.1 Å². The molecule has 0 bridgehead atoms. The van der Waals surface area contributed by atoms with Crippen LogP contribution in [0.3, 0.4) is 0 Å². The van der Waals surface area contributed by atoms with Gasteiger partial charge in [-0.3, -0.25) is 9.52 Å². The van der Waals surface area contributed by atoms with Gasteiger partial charge >= 0.3 is 0 Å². The first-order valence-corrected chi connectivity index (χ1v) is 11.3. The number of amides is 1. The van der Waals surface area contributed by atoms with Crippen LogP contribution in [0.4, 0.5) is 11.4 Å². The summed E-state index contributed by atoms with van der Waals surface area (Å²) in [6.07, 6.45) is 0.225. The SMILES string of the molecule is COc1ccc(NC(=O)Cc2cccs2)cc1S(=O)(=O)Nc1ccc(Br)cc1. The smallest absolute Gasteiger partial charge is 0.265 e. The summed E-state index contributed by atoms with van der Waals surface area (Å²) in [5, 5.41) is 4.63. The first kappa shape index (κ1) is 20.4. The zero-order valence-electron chi connectivity index (χ0n) is 14.8. The molecule has 3 rings (SSSR count). The Kier molecular flexibility index (Phi) is 6.38. The van der Waals surface area contributed by atoms with Crippen molar-refractivity contribution in [3.05, 3.63) is 69.3 Å². The van der Waals surface area contributed by atoms with Crippen LogP contribution in [0.25, 0.3) is 0 Å². The van der Waals surface area contributed by atoms with Crippen LogP contribution in [0.1, 0.15) is 4.88 Å². The Morgan fingerprint density at radius 3 is 2.46 bits per heavy atom. The van der Waals surface area contributed by atoms with Crippen LogP contribution in [0.15, 0.2) is 69.3 Å². The van der Waals surface area contributed by atoms with E-state index in [1.165, 1.54) is 30.6 Å². The number of rotatable bonds is 7. The fourth-order valence-electron chi connectivity index (χ4n) is 2.47. The van der Waals surface area contributed by atoms with Crippen LogP contribution in [-0.4, -0.2) is 21.4 Å². The van der Waals surface area contributed by atoms with Crippen molar-refractivity contribution < 1.29 is 17.9 Å². The van der Waals surface area contributed by atoms with Gasteiger partial charge in [-0.25, -0.2) is 8.42 Å². The molecular formula is C19H17BrN2O4S2. The summed E-state index contributed by atoms with van der Waals surface area (Å²) < 4.78 is 34.2. The molecule has 0 saturated carbocycles. The second-order valence-corrected chi connectivity index (χ2v) is 9.38. The standard InChI is InChI=1S/C19H17BrN2O4S2/c1-26-17-9-8-15(21-19(23)12-16-3-2-10-27-16)11-18(17)28(24,25)22-14-6-4-13(20)5-7-14/h2-11,22H,12H2,1H3,(H,21,23). The topological polar surface area (TPSA) is 84.5 Å². The molecule has 1 amide bonds. The van der Waals surface area contributed by atoms with E-state index >= 15 is 0 Å². The van der Waals surface area contributed by atoms with Gasteiger partial charge in [-0.2, -0.15) is 0 Å². The van der Waals surface area contributed by atoms with E-state index in [0.29, 0.717) is 11.4 Å². The molecule has 3 aromatic rings. The van der Waals surface area contributed by atoms with Crippen molar-refractivity contribution in [1.82, 2.24) is 0 Å². The lowest BCUT2D eigenvalue weighted by Gasteiger charge is -2.14. The number of ether oxygens (including phenoxy) is 1. The van der Waals surface area contributed by atoms with Crippen LogP contribution in [0, 0.1) is 0 Å². The molecule has 146 valence electrons. The summed E-state index contributed by atoms with van der Waals surface area (Å²) in [7, 11) is -2.52. The summed E-state index contributed by atoms with van der Waals surface area (Å²) in [6.45, 7) is 0. The van der Waals surface area contributed by atoms with Crippen LogP contribution < -0.4 is 14.8 Å². The third-order valence-electron chi connectivity index (χ3n) is 3.75. The molecule has 0 fully saturated rings. The zero-order chi connectivity index (χ0) is 20.1. The van der Waals surface area contributed by atoms with Crippen molar-refractivity contribution in [1.29, 1.82) is 0 Å². The number of carbonyl (C=O) groups excluding carboxylic acids is 1. The molecule has 0 saturated heterocycles. The van der Waals surface area contributed by atoms with Gasteiger partial charge in [-0.1, -0.05) is 22.0 Å². The van der Waals surface area contributed by atoms with Crippen LogP contribution in [0.5, 0.6) is 5.75 Å². The van der Waals surface area contributed by atoms with Gasteiger partial charge in [0.2, 0.25) is 5.91 Å².